The fourth-order valence-corrected chi connectivity index (χ4v) is 1.59. The van der Waals surface area contributed by atoms with Crippen LogP contribution in [-0.4, -0.2) is 11.8 Å². The predicted molar refractivity (Wildman–Crippen MR) is 55.6 cm³/mol. The van der Waals surface area contributed by atoms with Crippen LogP contribution < -0.4 is 5.73 Å². The monoisotopic (exact) mass is 237 g/mol. The molecular formula is C9H10Cl2FNO. The average Bonchev–Trinajstić information content (AvgIpc) is 2.13. The fourth-order valence-electron chi connectivity index (χ4n) is 1.08. The summed E-state index contributed by atoms with van der Waals surface area (Å²) in [6.07, 6.45) is 0.206. The van der Waals surface area contributed by atoms with Gasteiger partial charge in [0.1, 0.15) is 0 Å². The van der Waals surface area contributed by atoms with Crippen molar-refractivity contribution < 1.29 is 9.50 Å². The largest absolute Gasteiger partial charge is 0.505 e. The molecule has 0 aliphatic rings. The molecule has 78 valence electrons. The van der Waals surface area contributed by atoms with Gasteiger partial charge in [0, 0.05) is 6.04 Å². The number of hydrogen-bond acceptors (Lipinski definition) is 2. The molecule has 0 aliphatic carbocycles. The van der Waals surface area contributed by atoms with Gasteiger partial charge in [0.05, 0.1) is 16.7 Å². The van der Waals surface area contributed by atoms with Crippen LogP contribution in [0.15, 0.2) is 12.1 Å². The van der Waals surface area contributed by atoms with E-state index in [1.807, 2.05) is 0 Å². The third kappa shape index (κ3) is 2.50. The van der Waals surface area contributed by atoms with Crippen LogP contribution in [-0.2, 0) is 0 Å². The molecule has 0 aromatic heterocycles. The average molecular weight is 238 g/mol. The molecule has 0 radical (unpaired) electrons. The summed E-state index contributed by atoms with van der Waals surface area (Å²) in [5, 5.41) is 9.52. The molecule has 1 aromatic carbocycles. The predicted octanol–water partition coefficient (Wildman–Crippen LogP) is 3.06. The molecule has 14 heavy (non-hydrogen) atoms. The van der Waals surface area contributed by atoms with Gasteiger partial charge in [0.25, 0.3) is 0 Å². The highest BCUT2D eigenvalue weighted by molar-refractivity contribution is 6.37. The maximum absolute atomic E-state index is 12.0. The molecule has 0 spiro atoms. The Labute approximate surface area is 91.4 Å². The first-order chi connectivity index (χ1) is 6.56. The van der Waals surface area contributed by atoms with E-state index in [1.54, 1.807) is 0 Å². The molecule has 0 unspecified atom stereocenters. The summed E-state index contributed by atoms with van der Waals surface area (Å²) in [6.45, 7) is -0.503. The Hall–Kier alpha value is -0.510. The molecule has 5 heteroatoms. The van der Waals surface area contributed by atoms with Gasteiger partial charge in [-0.3, -0.25) is 4.39 Å². The number of aromatic hydroxyl groups is 1. The first kappa shape index (κ1) is 11.6. The van der Waals surface area contributed by atoms with Crippen molar-refractivity contribution in [2.24, 2.45) is 5.73 Å². The van der Waals surface area contributed by atoms with E-state index in [0.29, 0.717) is 5.56 Å². The van der Waals surface area contributed by atoms with Gasteiger partial charge < -0.3 is 10.8 Å². The van der Waals surface area contributed by atoms with Crippen molar-refractivity contribution in [2.75, 3.05) is 6.67 Å². The van der Waals surface area contributed by atoms with Gasteiger partial charge in [-0.2, -0.15) is 0 Å². The number of halogens is 3. The van der Waals surface area contributed by atoms with Gasteiger partial charge in [-0.15, -0.1) is 0 Å². The number of benzene rings is 1. The summed E-state index contributed by atoms with van der Waals surface area (Å²) in [5.41, 5.74) is 6.28. The summed E-state index contributed by atoms with van der Waals surface area (Å²) in [4.78, 5) is 0. The summed E-state index contributed by atoms with van der Waals surface area (Å²) in [5.74, 6) is -0.176. The highest BCUT2D eigenvalue weighted by Crippen LogP contribution is 2.34. The second-order valence-corrected chi connectivity index (χ2v) is 3.73. The lowest BCUT2D eigenvalue weighted by Gasteiger charge is -2.11. The topological polar surface area (TPSA) is 46.2 Å². The number of phenols is 1. The van der Waals surface area contributed by atoms with Gasteiger partial charge in [-0.05, 0) is 24.1 Å². The number of rotatable bonds is 3. The molecule has 0 bridgehead atoms. The zero-order chi connectivity index (χ0) is 10.7. The standard InChI is InChI=1S/C9H10Cl2FNO/c10-6-3-5(8(13)1-2-12)4-7(11)9(6)14/h3-4,8,14H,1-2,13H2/t8-/m0/s1. The lowest BCUT2D eigenvalue weighted by molar-refractivity contribution is 0.441. The molecule has 1 atom stereocenters. The van der Waals surface area contributed by atoms with Gasteiger partial charge in [-0.25, -0.2) is 0 Å². The van der Waals surface area contributed by atoms with Crippen LogP contribution >= 0.6 is 23.2 Å². The van der Waals surface area contributed by atoms with Crippen LogP contribution in [0.25, 0.3) is 0 Å². The molecule has 1 aromatic rings. The Bertz CT molecular complexity index is 310. The summed E-state index contributed by atoms with van der Waals surface area (Å²) in [7, 11) is 0. The van der Waals surface area contributed by atoms with Crippen LogP contribution in [0.5, 0.6) is 5.75 Å². The Morgan fingerprint density at radius 1 is 1.36 bits per heavy atom. The van der Waals surface area contributed by atoms with E-state index >= 15 is 0 Å². The second kappa shape index (κ2) is 4.82. The lowest BCUT2D eigenvalue weighted by Crippen LogP contribution is -2.10. The number of phenolic OH excluding ortho intramolecular Hbond substituents is 1. The molecule has 0 saturated carbocycles. The quantitative estimate of drug-likeness (QED) is 0.849. The SMILES string of the molecule is N[C@@H](CCF)c1cc(Cl)c(O)c(Cl)c1. The first-order valence-corrected chi connectivity index (χ1v) is 4.81. The Morgan fingerprint density at radius 2 is 1.86 bits per heavy atom. The molecule has 0 fully saturated rings. The van der Waals surface area contributed by atoms with E-state index in [4.69, 9.17) is 28.9 Å². The molecule has 2 nitrogen and oxygen atoms in total. The Kier molecular flexibility index (Phi) is 3.98. The maximum Gasteiger partial charge on any atom is 0.152 e. The zero-order valence-electron chi connectivity index (χ0n) is 7.30. The van der Waals surface area contributed by atoms with Crippen molar-refractivity contribution >= 4 is 23.2 Å². The van der Waals surface area contributed by atoms with E-state index in [-0.39, 0.29) is 22.2 Å². The van der Waals surface area contributed by atoms with Crippen LogP contribution in [0.4, 0.5) is 4.39 Å². The number of hydrogen-bond donors (Lipinski definition) is 2. The minimum absolute atomic E-state index is 0.127. The van der Waals surface area contributed by atoms with Crippen molar-refractivity contribution in [1.82, 2.24) is 0 Å². The first-order valence-electron chi connectivity index (χ1n) is 4.05. The molecule has 0 amide bonds. The van der Waals surface area contributed by atoms with Crippen LogP contribution in [0.2, 0.25) is 10.0 Å². The molecule has 0 saturated heterocycles. The summed E-state index contributed by atoms with van der Waals surface area (Å²) < 4.78 is 12.0. The van der Waals surface area contributed by atoms with Crippen molar-refractivity contribution in [2.45, 2.75) is 12.5 Å². The number of nitrogens with two attached hydrogens (primary N) is 1. The minimum Gasteiger partial charge on any atom is -0.505 e. The Morgan fingerprint density at radius 3 is 2.29 bits per heavy atom. The van der Waals surface area contributed by atoms with Gasteiger partial charge in [0.15, 0.2) is 5.75 Å². The highest BCUT2D eigenvalue weighted by Gasteiger charge is 2.11. The zero-order valence-corrected chi connectivity index (χ0v) is 8.82. The smallest absolute Gasteiger partial charge is 0.152 e. The summed E-state index contributed by atoms with van der Waals surface area (Å²) >= 11 is 11.4. The highest BCUT2D eigenvalue weighted by atomic mass is 35.5. The molecular weight excluding hydrogens is 228 g/mol. The van der Waals surface area contributed by atoms with Crippen LogP contribution in [0.3, 0.4) is 0 Å². The molecule has 0 aliphatic heterocycles. The van der Waals surface area contributed by atoms with Crippen molar-refractivity contribution in [1.29, 1.82) is 0 Å². The number of alkyl halides is 1. The normalized spacial score (nSPS) is 12.9. The lowest BCUT2D eigenvalue weighted by atomic mass is 10.1. The summed E-state index contributed by atoms with van der Waals surface area (Å²) in [6, 6.07) is 2.53. The molecule has 3 N–H and O–H groups in total. The van der Waals surface area contributed by atoms with Gasteiger partial charge in [-0.1, -0.05) is 23.2 Å². The van der Waals surface area contributed by atoms with Gasteiger partial charge >= 0.3 is 0 Å². The van der Waals surface area contributed by atoms with E-state index in [2.05, 4.69) is 0 Å². The van der Waals surface area contributed by atoms with Crippen molar-refractivity contribution in [3.8, 4) is 5.75 Å². The third-order valence-electron chi connectivity index (χ3n) is 1.89. The van der Waals surface area contributed by atoms with Crippen molar-refractivity contribution in [3.63, 3.8) is 0 Å². The van der Waals surface area contributed by atoms with E-state index in [9.17, 15) is 9.50 Å². The maximum atomic E-state index is 12.0. The molecule has 1 rings (SSSR count). The van der Waals surface area contributed by atoms with Crippen LogP contribution in [0.1, 0.15) is 18.0 Å². The molecule has 0 heterocycles. The fraction of sp³-hybridized carbons (Fsp3) is 0.333. The van der Waals surface area contributed by atoms with E-state index in [1.165, 1.54) is 12.1 Å². The minimum atomic E-state index is -0.503. The van der Waals surface area contributed by atoms with E-state index in [0.717, 1.165) is 0 Å². The van der Waals surface area contributed by atoms with E-state index < -0.39 is 12.7 Å². The Balaban J connectivity index is 3.00. The second-order valence-electron chi connectivity index (χ2n) is 2.92. The van der Waals surface area contributed by atoms with Gasteiger partial charge in [0.2, 0.25) is 0 Å². The third-order valence-corrected chi connectivity index (χ3v) is 2.46. The van der Waals surface area contributed by atoms with Crippen LogP contribution in [0, 0.1) is 0 Å². The van der Waals surface area contributed by atoms with Crippen molar-refractivity contribution in [3.05, 3.63) is 27.7 Å².